The molecule has 1 aliphatic rings. The van der Waals surface area contributed by atoms with Crippen LogP contribution in [0.5, 0.6) is 5.75 Å². The number of aromatic amines is 1. The van der Waals surface area contributed by atoms with E-state index in [1.807, 2.05) is 18.2 Å². The van der Waals surface area contributed by atoms with Gasteiger partial charge in [0.1, 0.15) is 17.2 Å². The zero-order chi connectivity index (χ0) is 21.1. The zero-order valence-electron chi connectivity index (χ0n) is 16.6. The number of fused-ring (bicyclic) bond motifs is 1. The second-order valence-corrected chi connectivity index (χ2v) is 7.03. The highest BCUT2D eigenvalue weighted by Gasteiger charge is 2.20. The molecule has 30 heavy (non-hydrogen) atoms. The molecule has 3 N–H and O–H groups in total. The molecule has 0 saturated heterocycles. The molecule has 0 atom stereocenters. The van der Waals surface area contributed by atoms with Gasteiger partial charge in [0.05, 0.1) is 13.7 Å². The van der Waals surface area contributed by atoms with Crippen molar-refractivity contribution in [3.8, 4) is 16.9 Å². The van der Waals surface area contributed by atoms with Gasteiger partial charge in [-0.1, -0.05) is 6.08 Å². The smallest absolute Gasteiger partial charge is 0.317 e. The minimum Gasteiger partial charge on any atom is -0.496 e. The van der Waals surface area contributed by atoms with Crippen LogP contribution in [-0.2, 0) is 0 Å². The number of nitrogens with zero attached hydrogens (tertiary/aromatic N) is 2. The normalized spacial score (nSPS) is 14.0. The van der Waals surface area contributed by atoms with E-state index in [2.05, 4.69) is 15.3 Å². The van der Waals surface area contributed by atoms with E-state index in [-0.39, 0.29) is 25.0 Å². The quantitative estimate of drug-likeness (QED) is 0.603. The molecular weight excluding hydrogens is 387 g/mol. The average Bonchev–Trinajstić information content (AvgIpc) is 3.22. The Kier molecular flexibility index (Phi) is 5.67. The van der Waals surface area contributed by atoms with E-state index in [4.69, 9.17) is 9.84 Å². The molecule has 0 unspecified atom stereocenters. The summed E-state index contributed by atoms with van der Waals surface area (Å²) in [7, 11) is 1.56. The van der Waals surface area contributed by atoms with Gasteiger partial charge < -0.3 is 25.0 Å². The lowest BCUT2D eigenvalue weighted by molar-refractivity contribution is 0.198. The Bertz CT molecular complexity index is 1110. The van der Waals surface area contributed by atoms with Crippen molar-refractivity contribution >= 4 is 22.6 Å². The van der Waals surface area contributed by atoms with Crippen molar-refractivity contribution in [2.45, 2.75) is 6.42 Å². The van der Waals surface area contributed by atoms with Gasteiger partial charge in [-0.25, -0.2) is 14.2 Å². The molecule has 4 rings (SSSR count). The van der Waals surface area contributed by atoms with Gasteiger partial charge in [-0.15, -0.1) is 0 Å². The van der Waals surface area contributed by atoms with Crippen LogP contribution in [0.3, 0.4) is 0 Å². The molecule has 0 bridgehead atoms. The summed E-state index contributed by atoms with van der Waals surface area (Å²) in [6.07, 6.45) is 4.39. The molecule has 0 saturated carbocycles. The summed E-state index contributed by atoms with van der Waals surface area (Å²) in [6.45, 7) is 1.23. The van der Waals surface area contributed by atoms with Crippen LogP contribution in [0, 0.1) is 5.82 Å². The molecule has 0 radical (unpaired) electrons. The van der Waals surface area contributed by atoms with Crippen molar-refractivity contribution in [2.75, 3.05) is 33.4 Å². The zero-order valence-corrected chi connectivity index (χ0v) is 16.6. The number of carbonyl (C=O) groups excluding carboxylic acids is 1. The fourth-order valence-corrected chi connectivity index (χ4v) is 3.70. The van der Waals surface area contributed by atoms with Crippen molar-refractivity contribution in [3.05, 3.63) is 54.1 Å². The second-order valence-electron chi connectivity index (χ2n) is 7.03. The van der Waals surface area contributed by atoms with E-state index < -0.39 is 0 Å². The first-order valence-electron chi connectivity index (χ1n) is 9.75. The topological polar surface area (TPSA) is 90.5 Å². The fraction of sp³-hybridized carbons (Fsp3) is 0.273. The molecule has 3 heterocycles. The summed E-state index contributed by atoms with van der Waals surface area (Å²) >= 11 is 0. The number of pyridine rings is 1. The van der Waals surface area contributed by atoms with Crippen LogP contribution in [0.25, 0.3) is 27.7 Å². The summed E-state index contributed by atoms with van der Waals surface area (Å²) in [4.78, 5) is 21.5. The fourth-order valence-electron chi connectivity index (χ4n) is 3.70. The SMILES string of the molecule is COc1ccc(F)cc1-c1ccnc2[nH]c(C3=CCN(C(=O)NCCO)CC3)cc12. The first-order chi connectivity index (χ1) is 14.6. The lowest BCUT2D eigenvalue weighted by atomic mass is 10.0. The third kappa shape index (κ3) is 3.86. The Morgan fingerprint density at radius 2 is 2.20 bits per heavy atom. The Balaban J connectivity index is 1.64. The number of aliphatic hydroxyl groups is 1. The van der Waals surface area contributed by atoms with E-state index in [1.54, 1.807) is 24.3 Å². The van der Waals surface area contributed by atoms with Crippen LogP contribution < -0.4 is 10.1 Å². The van der Waals surface area contributed by atoms with E-state index >= 15 is 0 Å². The number of benzene rings is 1. The van der Waals surface area contributed by atoms with Crippen LogP contribution in [0.2, 0.25) is 0 Å². The highest BCUT2D eigenvalue weighted by atomic mass is 19.1. The van der Waals surface area contributed by atoms with Crippen LogP contribution in [0.1, 0.15) is 12.1 Å². The van der Waals surface area contributed by atoms with Crippen molar-refractivity contribution in [1.29, 1.82) is 0 Å². The van der Waals surface area contributed by atoms with Crippen LogP contribution in [0.4, 0.5) is 9.18 Å². The van der Waals surface area contributed by atoms with Crippen molar-refractivity contribution in [2.24, 2.45) is 0 Å². The number of ether oxygens (including phenoxy) is 1. The molecule has 156 valence electrons. The van der Waals surface area contributed by atoms with Gasteiger partial charge in [-0.2, -0.15) is 0 Å². The number of aromatic nitrogens is 2. The number of methoxy groups -OCH3 is 1. The summed E-state index contributed by atoms with van der Waals surface area (Å²) in [5.74, 6) is 0.258. The molecule has 0 fully saturated rings. The standard InChI is InChI=1S/C22H23FN4O3/c1-30-20-3-2-15(23)12-17(20)16-4-7-24-21-18(16)13-19(26-21)14-5-9-27(10-6-14)22(29)25-8-11-28/h2-5,7,12-13,28H,6,8-11H2,1H3,(H,24,26)(H,25,29). The number of nitrogens with one attached hydrogen (secondary N) is 2. The van der Waals surface area contributed by atoms with E-state index in [0.717, 1.165) is 22.2 Å². The van der Waals surface area contributed by atoms with Gasteiger partial charge in [-0.3, -0.25) is 0 Å². The Morgan fingerprint density at radius 1 is 1.33 bits per heavy atom. The molecule has 8 heteroatoms. The van der Waals surface area contributed by atoms with E-state index in [9.17, 15) is 9.18 Å². The monoisotopic (exact) mass is 410 g/mol. The van der Waals surface area contributed by atoms with Crippen molar-refractivity contribution in [3.63, 3.8) is 0 Å². The molecular formula is C22H23FN4O3. The second kappa shape index (κ2) is 8.54. The van der Waals surface area contributed by atoms with Gasteiger partial charge in [0.15, 0.2) is 0 Å². The first-order valence-corrected chi connectivity index (χ1v) is 9.75. The Morgan fingerprint density at radius 3 is 2.93 bits per heavy atom. The predicted octanol–water partition coefficient (Wildman–Crippen LogP) is 3.17. The van der Waals surface area contributed by atoms with Crippen LogP contribution >= 0.6 is 0 Å². The minimum atomic E-state index is -0.332. The van der Waals surface area contributed by atoms with Gasteiger partial charge in [0.25, 0.3) is 0 Å². The van der Waals surface area contributed by atoms with Gasteiger partial charge >= 0.3 is 6.03 Å². The number of hydrogen-bond donors (Lipinski definition) is 3. The minimum absolute atomic E-state index is 0.0822. The van der Waals surface area contributed by atoms with E-state index in [1.165, 1.54) is 12.1 Å². The number of aliphatic hydroxyl groups excluding tert-OH is 1. The first kappa shape index (κ1) is 19.9. The molecule has 1 aromatic carbocycles. The molecule has 2 amide bonds. The molecule has 2 aromatic heterocycles. The third-order valence-electron chi connectivity index (χ3n) is 5.21. The molecule has 7 nitrogen and oxygen atoms in total. The predicted molar refractivity (Wildman–Crippen MR) is 113 cm³/mol. The number of hydrogen-bond acceptors (Lipinski definition) is 4. The van der Waals surface area contributed by atoms with E-state index in [0.29, 0.717) is 36.5 Å². The number of H-pyrrole nitrogens is 1. The third-order valence-corrected chi connectivity index (χ3v) is 5.21. The number of rotatable bonds is 5. The number of carbonyl (C=O) groups is 1. The lowest BCUT2D eigenvalue weighted by Crippen LogP contribution is -2.43. The number of halogens is 1. The summed E-state index contributed by atoms with van der Waals surface area (Å²) in [6, 6.07) is 8.12. The summed E-state index contributed by atoms with van der Waals surface area (Å²) in [5.41, 5.74) is 4.23. The maximum absolute atomic E-state index is 13.9. The lowest BCUT2D eigenvalue weighted by Gasteiger charge is -2.26. The van der Waals surface area contributed by atoms with Crippen molar-refractivity contribution in [1.82, 2.24) is 20.2 Å². The molecule has 0 aliphatic carbocycles. The van der Waals surface area contributed by atoms with Gasteiger partial charge in [0.2, 0.25) is 0 Å². The Hall–Kier alpha value is -3.39. The highest BCUT2D eigenvalue weighted by molar-refractivity contribution is 5.96. The van der Waals surface area contributed by atoms with Crippen molar-refractivity contribution < 1.29 is 19.0 Å². The summed E-state index contributed by atoms with van der Waals surface area (Å²) in [5, 5.41) is 12.4. The van der Waals surface area contributed by atoms with Crippen LogP contribution in [-0.4, -0.2) is 59.4 Å². The van der Waals surface area contributed by atoms with Crippen LogP contribution in [0.15, 0.2) is 42.6 Å². The van der Waals surface area contributed by atoms with Gasteiger partial charge in [0, 0.05) is 42.5 Å². The number of urea groups is 1. The number of amides is 2. The molecule has 1 aliphatic heterocycles. The molecule has 0 spiro atoms. The van der Waals surface area contributed by atoms with Gasteiger partial charge in [-0.05, 0) is 47.9 Å². The summed E-state index contributed by atoms with van der Waals surface area (Å²) < 4.78 is 19.3. The maximum atomic E-state index is 13.9. The molecule has 3 aromatic rings. The largest absolute Gasteiger partial charge is 0.496 e. The maximum Gasteiger partial charge on any atom is 0.317 e. The average molecular weight is 410 g/mol. The highest BCUT2D eigenvalue weighted by Crippen LogP contribution is 2.36. The Labute approximate surface area is 173 Å².